The number of phenols is 1. The molecular weight excluding hydrogens is 545 g/mol. The SMILES string of the molecule is CCOc1cc(C2/C(=C(\O)c3cc(Cl)cc(Cl)c3OC)C(=O)C(=O)N2c2nc3ccc(C)cc3[nH]2)ccc1O. The first kappa shape index (κ1) is 26.4. The number of aromatic nitrogens is 2. The number of aliphatic hydroxyl groups excluding tert-OH is 1. The summed E-state index contributed by atoms with van der Waals surface area (Å²) in [6, 6.07) is 11.6. The average Bonchev–Trinajstić information content (AvgIpc) is 3.42. The molecule has 1 unspecified atom stereocenters. The number of nitrogens with zero attached hydrogens (tertiary/aromatic N) is 2. The van der Waals surface area contributed by atoms with Crippen molar-refractivity contribution in [2.75, 3.05) is 18.6 Å². The number of carbonyl (C=O) groups excluding carboxylic acids is 2. The van der Waals surface area contributed by atoms with E-state index in [2.05, 4.69) is 9.97 Å². The van der Waals surface area contributed by atoms with E-state index in [0.29, 0.717) is 16.6 Å². The zero-order valence-corrected chi connectivity index (χ0v) is 22.6. The van der Waals surface area contributed by atoms with Crippen LogP contribution in [0.2, 0.25) is 10.0 Å². The number of Topliss-reactive ketones (excluding diaryl/α,β-unsaturated/α-hetero) is 1. The molecule has 9 nitrogen and oxygen atoms in total. The van der Waals surface area contributed by atoms with Crippen LogP contribution in [0.25, 0.3) is 16.8 Å². The third kappa shape index (κ3) is 4.53. The smallest absolute Gasteiger partial charge is 0.302 e. The number of aliphatic hydroxyl groups is 1. The Kier molecular flexibility index (Phi) is 6.88. The van der Waals surface area contributed by atoms with Crippen LogP contribution in [0.15, 0.2) is 54.1 Å². The number of aryl methyl sites for hydroxylation is 1. The first-order valence-corrected chi connectivity index (χ1v) is 12.7. The summed E-state index contributed by atoms with van der Waals surface area (Å²) in [5.41, 5.74) is 2.38. The zero-order chi connectivity index (χ0) is 28.0. The van der Waals surface area contributed by atoms with Gasteiger partial charge in [-0.05, 0) is 61.4 Å². The molecule has 1 aliphatic rings. The molecule has 1 amide bonds. The first-order chi connectivity index (χ1) is 18.6. The molecule has 4 aromatic rings. The molecule has 0 saturated carbocycles. The third-order valence-corrected chi connectivity index (χ3v) is 6.86. The quantitative estimate of drug-likeness (QED) is 0.150. The van der Waals surface area contributed by atoms with Gasteiger partial charge in [-0.3, -0.25) is 14.5 Å². The number of ether oxygens (including phenoxy) is 2. The van der Waals surface area contributed by atoms with E-state index in [1.54, 1.807) is 13.0 Å². The second-order valence-corrected chi connectivity index (χ2v) is 9.72. The third-order valence-electron chi connectivity index (χ3n) is 6.36. The molecule has 3 N–H and O–H groups in total. The molecule has 0 radical (unpaired) electrons. The molecule has 39 heavy (non-hydrogen) atoms. The Bertz CT molecular complexity index is 1680. The van der Waals surface area contributed by atoms with Crippen molar-refractivity contribution in [1.82, 2.24) is 9.97 Å². The van der Waals surface area contributed by atoms with Crippen LogP contribution in [0, 0.1) is 6.92 Å². The monoisotopic (exact) mass is 567 g/mol. The van der Waals surface area contributed by atoms with Crippen LogP contribution in [-0.4, -0.2) is 45.6 Å². The summed E-state index contributed by atoms with van der Waals surface area (Å²) in [6.45, 7) is 3.93. The van der Waals surface area contributed by atoms with E-state index in [0.717, 1.165) is 5.56 Å². The highest BCUT2D eigenvalue weighted by Gasteiger charge is 2.48. The van der Waals surface area contributed by atoms with Gasteiger partial charge in [-0.2, -0.15) is 0 Å². The number of halogens is 2. The second kappa shape index (κ2) is 10.2. The summed E-state index contributed by atoms with van der Waals surface area (Å²) < 4.78 is 10.9. The van der Waals surface area contributed by atoms with Crippen LogP contribution >= 0.6 is 23.2 Å². The highest BCUT2D eigenvalue weighted by atomic mass is 35.5. The minimum Gasteiger partial charge on any atom is -0.507 e. The van der Waals surface area contributed by atoms with Crippen LogP contribution in [0.3, 0.4) is 0 Å². The second-order valence-electron chi connectivity index (χ2n) is 8.88. The number of phenolic OH excluding ortho intramolecular Hbond substituents is 1. The molecule has 1 saturated heterocycles. The first-order valence-electron chi connectivity index (χ1n) is 11.9. The molecule has 11 heteroatoms. The molecule has 1 atom stereocenters. The standard InChI is InChI=1S/C28H23Cl2N3O6/c1-4-39-21-10-14(6-8-20(21)34)23-22(24(35)16-11-15(29)12-17(30)26(16)38-3)25(36)27(37)33(23)28-31-18-7-5-13(2)9-19(18)32-28/h5-12,23,34-35H,4H2,1-3H3,(H,31,32)/b24-22+. The number of fused-ring (bicyclic) bond motifs is 1. The van der Waals surface area contributed by atoms with E-state index in [1.165, 1.54) is 42.3 Å². The van der Waals surface area contributed by atoms with Crippen LogP contribution in [0.5, 0.6) is 17.2 Å². The average molecular weight is 568 g/mol. The Morgan fingerprint density at radius 2 is 1.90 bits per heavy atom. The Balaban J connectivity index is 1.79. The number of ketones is 1. The van der Waals surface area contributed by atoms with E-state index in [9.17, 15) is 19.8 Å². The van der Waals surface area contributed by atoms with Crippen molar-refractivity contribution in [2.45, 2.75) is 19.9 Å². The molecule has 1 aliphatic heterocycles. The van der Waals surface area contributed by atoms with Crippen molar-refractivity contribution in [3.8, 4) is 17.2 Å². The van der Waals surface area contributed by atoms with Gasteiger partial charge in [0.1, 0.15) is 11.5 Å². The number of methoxy groups -OCH3 is 1. The van der Waals surface area contributed by atoms with Crippen molar-refractivity contribution >= 4 is 57.6 Å². The lowest BCUT2D eigenvalue weighted by molar-refractivity contribution is -0.132. The summed E-state index contributed by atoms with van der Waals surface area (Å²) >= 11 is 12.5. The highest BCUT2D eigenvalue weighted by Crippen LogP contribution is 2.46. The highest BCUT2D eigenvalue weighted by molar-refractivity contribution is 6.51. The Labute approximate surface area is 233 Å². The molecule has 0 bridgehead atoms. The van der Waals surface area contributed by atoms with Crippen molar-refractivity contribution < 1.29 is 29.3 Å². The van der Waals surface area contributed by atoms with E-state index >= 15 is 0 Å². The Morgan fingerprint density at radius 3 is 2.62 bits per heavy atom. The van der Waals surface area contributed by atoms with E-state index < -0.39 is 23.5 Å². The van der Waals surface area contributed by atoms with Crippen molar-refractivity contribution in [2.24, 2.45) is 0 Å². The van der Waals surface area contributed by atoms with E-state index in [1.807, 2.05) is 19.1 Å². The van der Waals surface area contributed by atoms with E-state index in [-0.39, 0.29) is 51.0 Å². The number of benzene rings is 3. The lowest BCUT2D eigenvalue weighted by Crippen LogP contribution is -2.30. The fourth-order valence-electron chi connectivity index (χ4n) is 4.65. The summed E-state index contributed by atoms with van der Waals surface area (Å²) in [4.78, 5) is 35.9. The minimum atomic E-state index is -1.16. The van der Waals surface area contributed by atoms with Gasteiger partial charge >= 0.3 is 5.91 Å². The predicted octanol–water partition coefficient (Wildman–Crippen LogP) is 5.92. The van der Waals surface area contributed by atoms with Crippen LogP contribution in [0.4, 0.5) is 5.95 Å². The number of nitrogens with one attached hydrogen (secondary N) is 1. The summed E-state index contributed by atoms with van der Waals surface area (Å²) in [5, 5.41) is 22.1. The lowest BCUT2D eigenvalue weighted by atomic mass is 9.94. The largest absolute Gasteiger partial charge is 0.507 e. The van der Waals surface area contributed by atoms with Crippen LogP contribution in [0.1, 0.15) is 29.7 Å². The van der Waals surface area contributed by atoms with E-state index in [4.69, 9.17) is 32.7 Å². The summed E-state index contributed by atoms with van der Waals surface area (Å²) in [6.07, 6.45) is 0. The molecule has 2 heterocycles. The molecule has 1 fully saturated rings. The van der Waals surface area contributed by atoms with Crippen molar-refractivity contribution in [1.29, 1.82) is 0 Å². The molecule has 0 aliphatic carbocycles. The van der Waals surface area contributed by atoms with Crippen LogP contribution < -0.4 is 14.4 Å². The number of hydrogen-bond donors (Lipinski definition) is 3. The fourth-order valence-corrected chi connectivity index (χ4v) is 5.22. The van der Waals surface area contributed by atoms with Gasteiger partial charge in [0.05, 0.1) is 47.0 Å². The van der Waals surface area contributed by atoms with Gasteiger partial charge in [-0.25, -0.2) is 4.98 Å². The number of anilines is 1. The topological polar surface area (TPSA) is 125 Å². The van der Waals surface area contributed by atoms with Gasteiger partial charge < -0.3 is 24.7 Å². The molecule has 0 spiro atoms. The number of hydrogen-bond acceptors (Lipinski definition) is 7. The van der Waals surface area contributed by atoms with Gasteiger partial charge in [-0.15, -0.1) is 0 Å². The van der Waals surface area contributed by atoms with Gasteiger partial charge in [0.15, 0.2) is 11.5 Å². The van der Waals surface area contributed by atoms with Crippen molar-refractivity contribution in [3.63, 3.8) is 0 Å². The number of aromatic amines is 1. The number of carbonyl (C=O) groups is 2. The maximum atomic E-state index is 13.6. The molecular formula is C28H23Cl2N3O6. The van der Waals surface area contributed by atoms with Gasteiger partial charge in [0.25, 0.3) is 5.78 Å². The summed E-state index contributed by atoms with van der Waals surface area (Å²) in [5.74, 6) is -2.23. The Hall–Kier alpha value is -4.21. The lowest BCUT2D eigenvalue weighted by Gasteiger charge is -2.24. The molecule has 5 rings (SSSR count). The number of amides is 1. The minimum absolute atomic E-state index is 0.0297. The maximum absolute atomic E-state index is 13.6. The normalized spacial score (nSPS) is 16.7. The maximum Gasteiger partial charge on any atom is 0.302 e. The Morgan fingerprint density at radius 1 is 1.13 bits per heavy atom. The van der Waals surface area contributed by atoms with Gasteiger partial charge in [0.2, 0.25) is 5.95 Å². The number of H-pyrrole nitrogens is 1. The predicted molar refractivity (Wildman–Crippen MR) is 148 cm³/mol. The zero-order valence-electron chi connectivity index (χ0n) is 21.1. The fraction of sp³-hybridized carbons (Fsp3) is 0.179. The van der Waals surface area contributed by atoms with Crippen molar-refractivity contribution in [3.05, 3.63) is 80.8 Å². The number of aromatic hydroxyl groups is 1. The van der Waals surface area contributed by atoms with Crippen LogP contribution in [-0.2, 0) is 9.59 Å². The van der Waals surface area contributed by atoms with Gasteiger partial charge in [0, 0.05) is 5.02 Å². The van der Waals surface area contributed by atoms with Gasteiger partial charge in [-0.1, -0.05) is 35.3 Å². The summed E-state index contributed by atoms with van der Waals surface area (Å²) in [7, 11) is 1.35. The molecule has 1 aromatic heterocycles. The molecule has 200 valence electrons. The number of rotatable bonds is 6. The molecule has 3 aromatic carbocycles. The number of imidazole rings is 1.